The quantitative estimate of drug-likeness (QED) is 0.0997. The van der Waals surface area contributed by atoms with E-state index in [0.29, 0.717) is 6.42 Å². The van der Waals surface area contributed by atoms with Gasteiger partial charge in [0.15, 0.2) is 0 Å². The second-order valence-electron chi connectivity index (χ2n) is 8.00. The van der Waals surface area contributed by atoms with Crippen LogP contribution in [0.3, 0.4) is 0 Å². The van der Waals surface area contributed by atoms with Gasteiger partial charge < -0.3 is 14.2 Å². The molecule has 0 atom stereocenters. The lowest BCUT2D eigenvalue weighted by Crippen LogP contribution is -2.43. The zero-order chi connectivity index (χ0) is 25.5. The number of hydrogen-bond acceptors (Lipinski definition) is 10. The molecule has 0 aliphatic heterocycles. The Morgan fingerprint density at radius 3 is 1.85 bits per heavy atom. The van der Waals surface area contributed by atoms with Crippen LogP contribution in [-0.2, 0) is 43.0 Å². The summed E-state index contributed by atoms with van der Waals surface area (Å²) in [5, 5.41) is 0. The van der Waals surface area contributed by atoms with E-state index in [4.69, 9.17) is 14.2 Å². The molecule has 0 aliphatic rings. The summed E-state index contributed by atoms with van der Waals surface area (Å²) in [7, 11) is -3.81. The van der Waals surface area contributed by atoms with Crippen molar-refractivity contribution in [1.82, 2.24) is 0 Å². The number of carbonyl (C=O) groups excluding carboxylic acids is 3. The van der Waals surface area contributed by atoms with Gasteiger partial charge in [-0.2, -0.15) is 18.6 Å². The topological polar surface area (TPSA) is 148 Å². The highest BCUT2D eigenvalue weighted by Gasteiger charge is 2.43. The molecule has 0 fully saturated rings. The van der Waals surface area contributed by atoms with Crippen molar-refractivity contribution in [1.29, 1.82) is 0 Å². The molecule has 10 nitrogen and oxygen atoms in total. The van der Waals surface area contributed by atoms with E-state index in [9.17, 15) is 22.8 Å². The Labute approximate surface area is 196 Å². The molecule has 190 valence electrons. The number of nitrogens with two attached hydrogens (primary N) is 1. The fourth-order valence-electron chi connectivity index (χ4n) is 2.70. The van der Waals surface area contributed by atoms with Gasteiger partial charge in [0.2, 0.25) is 0 Å². The van der Waals surface area contributed by atoms with Gasteiger partial charge in [0.05, 0.1) is 12.4 Å². The van der Waals surface area contributed by atoms with Crippen molar-refractivity contribution in [2.45, 2.75) is 65.7 Å². The van der Waals surface area contributed by atoms with Crippen LogP contribution >= 0.6 is 0 Å². The van der Waals surface area contributed by atoms with Crippen molar-refractivity contribution >= 4 is 28.0 Å². The zero-order valence-corrected chi connectivity index (χ0v) is 20.7. The highest BCUT2D eigenvalue weighted by atomic mass is 32.2. The van der Waals surface area contributed by atoms with Crippen LogP contribution in [0.2, 0.25) is 0 Å². The largest absolute Gasteiger partial charge is 0.465 e. The van der Waals surface area contributed by atoms with Crippen molar-refractivity contribution in [3.05, 3.63) is 24.3 Å². The summed E-state index contributed by atoms with van der Waals surface area (Å²) in [6.07, 6.45) is 4.01. The molecule has 0 spiro atoms. The molecule has 0 bridgehead atoms. The fraction of sp³-hybridized carbons (Fsp3) is 0.682. The minimum atomic E-state index is -3.81. The number of rotatable bonds is 18. The van der Waals surface area contributed by atoms with Crippen molar-refractivity contribution in [3.63, 3.8) is 0 Å². The summed E-state index contributed by atoms with van der Waals surface area (Å²) in [6.45, 7) is 11.2. The Bertz CT molecular complexity index is 760. The van der Waals surface area contributed by atoms with Crippen molar-refractivity contribution in [3.8, 4) is 0 Å². The standard InChI is InChI=1S/C22H37NO9S/c1-6-7-8-9-12-22(15-30-19(24)17(2)3,16-31-20(25)18(4)5)21(26)29-13-10-11-14-33(27,28)32-23/h2,4,6-16,23H2,1,3,5H3. The molecular formula is C22H37NO9S. The van der Waals surface area contributed by atoms with Gasteiger partial charge in [0.1, 0.15) is 18.6 Å². The van der Waals surface area contributed by atoms with E-state index < -0.39 is 33.4 Å². The predicted octanol–water partition coefficient (Wildman–Crippen LogP) is 2.73. The van der Waals surface area contributed by atoms with E-state index in [-0.39, 0.29) is 56.0 Å². The third-order valence-corrected chi connectivity index (χ3v) is 5.85. The first-order valence-electron chi connectivity index (χ1n) is 10.8. The summed E-state index contributed by atoms with van der Waals surface area (Å²) in [6, 6.07) is 0. The van der Waals surface area contributed by atoms with Crippen LogP contribution in [0.15, 0.2) is 24.3 Å². The SMILES string of the molecule is C=C(C)C(=O)OCC(CCCCCC)(COC(=O)C(=C)C)C(=O)OCCCCS(=O)(=O)ON. The Hall–Kier alpha value is -2.24. The molecule has 11 heteroatoms. The Morgan fingerprint density at radius 2 is 1.39 bits per heavy atom. The minimum absolute atomic E-state index is 0.0848. The minimum Gasteiger partial charge on any atom is -0.465 e. The van der Waals surface area contributed by atoms with Crippen LogP contribution in [-0.4, -0.2) is 51.9 Å². The lowest BCUT2D eigenvalue weighted by Gasteiger charge is -2.30. The normalized spacial score (nSPS) is 11.5. The number of ether oxygens (including phenoxy) is 3. The molecular weight excluding hydrogens is 454 g/mol. The van der Waals surface area contributed by atoms with Gasteiger partial charge in [-0.15, -0.1) is 0 Å². The van der Waals surface area contributed by atoms with E-state index in [1.54, 1.807) is 0 Å². The van der Waals surface area contributed by atoms with Gasteiger partial charge in [-0.1, -0.05) is 45.8 Å². The van der Waals surface area contributed by atoms with Crippen LogP contribution in [0.1, 0.15) is 65.7 Å². The molecule has 0 aromatic heterocycles. The summed E-state index contributed by atoms with van der Waals surface area (Å²) in [5.74, 6) is 2.29. The number of unbranched alkanes of at least 4 members (excludes halogenated alkanes) is 4. The molecule has 0 saturated heterocycles. The van der Waals surface area contributed by atoms with Crippen LogP contribution < -0.4 is 5.90 Å². The summed E-state index contributed by atoms with van der Waals surface area (Å²) < 4.78 is 42.3. The van der Waals surface area contributed by atoms with E-state index in [0.717, 1.165) is 19.3 Å². The van der Waals surface area contributed by atoms with Crippen molar-refractivity contribution in [2.24, 2.45) is 11.3 Å². The van der Waals surface area contributed by atoms with Crippen LogP contribution in [0.25, 0.3) is 0 Å². The third kappa shape index (κ3) is 12.5. The molecule has 0 unspecified atom stereocenters. The predicted molar refractivity (Wildman–Crippen MR) is 122 cm³/mol. The third-order valence-electron chi connectivity index (χ3n) is 4.77. The molecule has 0 saturated carbocycles. The van der Waals surface area contributed by atoms with Gasteiger partial charge in [-0.3, -0.25) is 4.79 Å². The highest BCUT2D eigenvalue weighted by Crippen LogP contribution is 2.30. The first-order valence-corrected chi connectivity index (χ1v) is 12.4. The first kappa shape index (κ1) is 30.8. The van der Waals surface area contributed by atoms with E-state index in [1.165, 1.54) is 13.8 Å². The molecule has 0 amide bonds. The number of esters is 3. The summed E-state index contributed by atoms with van der Waals surface area (Å²) >= 11 is 0. The molecule has 0 aromatic rings. The number of hydrogen-bond donors (Lipinski definition) is 1. The Kier molecular flexibility index (Phi) is 14.5. The lowest BCUT2D eigenvalue weighted by molar-refractivity contribution is -0.171. The average Bonchev–Trinajstić information content (AvgIpc) is 2.76. The van der Waals surface area contributed by atoms with Gasteiger partial charge in [0, 0.05) is 11.1 Å². The van der Waals surface area contributed by atoms with Crippen LogP contribution in [0, 0.1) is 5.41 Å². The molecule has 0 radical (unpaired) electrons. The first-order chi connectivity index (χ1) is 15.4. The molecule has 0 rings (SSSR count). The monoisotopic (exact) mass is 491 g/mol. The molecule has 0 heterocycles. The van der Waals surface area contributed by atoms with E-state index >= 15 is 0 Å². The van der Waals surface area contributed by atoms with Gasteiger partial charge >= 0.3 is 17.9 Å². The second-order valence-corrected chi connectivity index (χ2v) is 9.72. The van der Waals surface area contributed by atoms with Crippen LogP contribution in [0.4, 0.5) is 0 Å². The molecule has 2 N–H and O–H groups in total. The molecule has 33 heavy (non-hydrogen) atoms. The molecule has 0 aromatic carbocycles. The fourth-order valence-corrected chi connectivity index (χ4v) is 3.35. The zero-order valence-electron chi connectivity index (χ0n) is 19.9. The average molecular weight is 492 g/mol. The lowest BCUT2D eigenvalue weighted by atomic mass is 9.83. The van der Waals surface area contributed by atoms with Crippen molar-refractivity contribution in [2.75, 3.05) is 25.6 Å². The maximum Gasteiger partial charge on any atom is 0.333 e. The maximum atomic E-state index is 13.1. The highest BCUT2D eigenvalue weighted by molar-refractivity contribution is 7.86. The Morgan fingerprint density at radius 1 is 0.848 bits per heavy atom. The van der Waals surface area contributed by atoms with Gasteiger partial charge in [-0.25, -0.2) is 9.59 Å². The number of carbonyl (C=O) groups is 3. The summed E-state index contributed by atoms with van der Waals surface area (Å²) in [5.41, 5.74) is -1.10. The summed E-state index contributed by atoms with van der Waals surface area (Å²) in [4.78, 5) is 37.1. The van der Waals surface area contributed by atoms with Gasteiger partial charge in [0.25, 0.3) is 10.1 Å². The smallest absolute Gasteiger partial charge is 0.333 e. The Balaban J connectivity index is 5.44. The van der Waals surface area contributed by atoms with Crippen LogP contribution in [0.5, 0.6) is 0 Å². The maximum absolute atomic E-state index is 13.1. The second kappa shape index (κ2) is 15.6. The van der Waals surface area contributed by atoms with Crippen molar-refractivity contribution < 1.29 is 41.3 Å². The van der Waals surface area contributed by atoms with E-state index in [2.05, 4.69) is 23.3 Å². The van der Waals surface area contributed by atoms with E-state index in [1.807, 2.05) is 6.92 Å². The van der Waals surface area contributed by atoms with Gasteiger partial charge in [-0.05, 0) is 33.1 Å². The molecule has 0 aliphatic carbocycles.